The van der Waals surface area contributed by atoms with Crippen molar-refractivity contribution in [3.63, 3.8) is 0 Å². The van der Waals surface area contributed by atoms with Gasteiger partial charge in [-0.2, -0.15) is 0 Å². The first-order valence-electron chi connectivity index (χ1n) is 6.64. The second-order valence-electron chi connectivity index (χ2n) is 4.99. The Bertz CT molecular complexity index is 410. The first kappa shape index (κ1) is 13.5. The van der Waals surface area contributed by atoms with E-state index >= 15 is 0 Å². The van der Waals surface area contributed by atoms with Gasteiger partial charge in [0.2, 0.25) is 5.91 Å². The molecule has 3 N–H and O–H groups in total. The number of amides is 1. The Morgan fingerprint density at radius 1 is 1.50 bits per heavy atom. The number of aromatic nitrogens is 1. The number of hydrogen-bond donors (Lipinski definition) is 2. The van der Waals surface area contributed by atoms with Crippen LogP contribution in [0.2, 0.25) is 0 Å². The molecular formula is C13H21N3OS. The Kier molecular flexibility index (Phi) is 4.35. The van der Waals surface area contributed by atoms with Crippen molar-refractivity contribution in [3.8, 4) is 0 Å². The summed E-state index contributed by atoms with van der Waals surface area (Å²) in [4.78, 5) is 16.5. The minimum atomic E-state index is -0.651. The van der Waals surface area contributed by atoms with Crippen molar-refractivity contribution in [2.24, 2.45) is 5.73 Å². The van der Waals surface area contributed by atoms with Crippen LogP contribution in [0.3, 0.4) is 0 Å². The molecule has 1 fully saturated rings. The Balaban J connectivity index is 1.87. The van der Waals surface area contributed by atoms with Crippen LogP contribution >= 0.6 is 11.3 Å². The van der Waals surface area contributed by atoms with E-state index in [9.17, 15) is 4.79 Å². The Morgan fingerprint density at radius 3 is 2.83 bits per heavy atom. The van der Waals surface area contributed by atoms with Gasteiger partial charge in [-0.1, -0.05) is 26.2 Å². The van der Waals surface area contributed by atoms with Crippen LogP contribution in [-0.4, -0.2) is 16.4 Å². The Hall–Kier alpha value is -0.940. The number of nitrogens with two attached hydrogens (primary N) is 1. The van der Waals surface area contributed by atoms with Crippen molar-refractivity contribution in [3.05, 3.63) is 16.1 Å². The van der Waals surface area contributed by atoms with Crippen LogP contribution in [0.5, 0.6) is 0 Å². The van der Waals surface area contributed by atoms with E-state index in [0.717, 1.165) is 42.8 Å². The fraction of sp³-hybridized carbons (Fsp3) is 0.692. The molecular weight excluding hydrogens is 246 g/mol. The van der Waals surface area contributed by atoms with Crippen molar-refractivity contribution >= 4 is 17.2 Å². The summed E-state index contributed by atoms with van der Waals surface area (Å²) in [6.45, 7) is 2.58. The molecule has 1 saturated carbocycles. The monoisotopic (exact) mass is 267 g/mol. The number of thiazole rings is 1. The highest BCUT2D eigenvalue weighted by Gasteiger charge is 2.34. The number of carbonyl (C=O) groups excluding carboxylic acids is 1. The van der Waals surface area contributed by atoms with Gasteiger partial charge in [0, 0.05) is 5.38 Å². The Labute approximate surface area is 112 Å². The van der Waals surface area contributed by atoms with E-state index in [-0.39, 0.29) is 5.91 Å². The third-order valence-corrected chi connectivity index (χ3v) is 4.57. The number of carbonyl (C=O) groups is 1. The zero-order valence-corrected chi connectivity index (χ0v) is 11.7. The quantitative estimate of drug-likeness (QED) is 0.876. The molecule has 0 aliphatic heterocycles. The molecule has 0 aromatic carbocycles. The van der Waals surface area contributed by atoms with Gasteiger partial charge in [-0.3, -0.25) is 4.79 Å². The highest BCUT2D eigenvalue weighted by atomic mass is 32.1. The van der Waals surface area contributed by atoms with Crippen molar-refractivity contribution in [1.29, 1.82) is 0 Å². The highest BCUT2D eigenvalue weighted by molar-refractivity contribution is 7.09. The number of nitrogens with one attached hydrogen (secondary N) is 1. The molecule has 1 aromatic rings. The van der Waals surface area contributed by atoms with Crippen LogP contribution in [0, 0.1) is 0 Å². The fourth-order valence-electron chi connectivity index (χ4n) is 2.35. The van der Waals surface area contributed by atoms with E-state index < -0.39 is 5.54 Å². The molecule has 1 amide bonds. The lowest BCUT2D eigenvalue weighted by Crippen LogP contribution is -2.54. The first-order valence-corrected chi connectivity index (χ1v) is 7.52. The lowest BCUT2D eigenvalue weighted by Gasteiger charge is -2.31. The largest absolute Gasteiger partial charge is 0.349 e. The van der Waals surface area contributed by atoms with E-state index in [1.54, 1.807) is 11.3 Å². The summed E-state index contributed by atoms with van der Waals surface area (Å²) in [6, 6.07) is 0. The summed E-state index contributed by atoms with van der Waals surface area (Å²) in [7, 11) is 0. The SMILES string of the molecule is CCc1nc(CNC(=O)C2(N)CCCCC2)cs1. The zero-order valence-electron chi connectivity index (χ0n) is 10.9. The second-order valence-corrected chi connectivity index (χ2v) is 5.93. The summed E-state index contributed by atoms with van der Waals surface area (Å²) >= 11 is 1.64. The maximum atomic E-state index is 12.1. The Morgan fingerprint density at radius 2 is 2.22 bits per heavy atom. The fourth-order valence-corrected chi connectivity index (χ4v) is 3.09. The molecule has 0 unspecified atom stereocenters. The van der Waals surface area contributed by atoms with Crippen molar-refractivity contribution in [2.45, 2.75) is 57.5 Å². The third kappa shape index (κ3) is 3.09. The van der Waals surface area contributed by atoms with E-state index in [4.69, 9.17) is 5.73 Å². The lowest BCUT2D eigenvalue weighted by atomic mass is 9.82. The van der Waals surface area contributed by atoms with Crippen LogP contribution in [0.4, 0.5) is 0 Å². The minimum Gasteiger partial charge on any atom is -0.349 e. The molecule has 100 valence electrons. The van der Waals surface area contributed by atoms with Gasteiger partial charge < -0.3 is 11.1 Å². The average molecular weight is 267 g/mol. The molecule has 0 spiro atoms. The van der Waals surface area contributed by atoms with Gasteiger partial charge in [0.15, 0.2) is 0 Å². The van der Waals surface area contributed by atoms with Crippen LogP contribution < -0.4 is 11.1 Å². The van der Waals surface area contributed by atoms with E-state index in [2.05, 4.69) is 17.2 Å². The molecule has 1 heterocycles. The standard InChI is InChI=1S/C13H21N3OS/c1-2-11-16-10(9-18-11)8-15-12(17)13(14)6-4-3-5-7-13/h9H,2-8,14H2,1H3,(H,15,17). The topological polar surface area (TPSA) is 68.0 Å². The van der Waals surface area contributed by atoms with Crippen LogP contribution in [0.25, 0.3) is 0 Å². The van der Waals surface area contributed by atoms with Gasteiger partial charge in [0.05, 0.1) is 22.8 Å². The smallest absolute Gasteiger partial charge is 0.240 e. The second kappa shape index (κ2) is 5.80. The maximum absolute atomic E-state index is 12.1. The van der Waals surface area contributed by atoms with Gasteiger partial charge in [-0.05, 0) is 19.3 Å². The van der Waals surface area contributed by atoms with Crippen LogP contribution in [-0.2, 0) is 17.8 Å². The van der Waals surface area contributed by atoms with Crippen LogP contribution in [0.1, 0.15) is 49.7 Å². The molecule has 1 aliphatic rings. The molecule has 0 atom stereocenters. The van der Waals surface area contributed by atoms with E-state index in [1.165, 1.54) is 6.42 Å². The summed E-state index contributed by atoms with van der Waals surface area (Å²) < 4.78 is 0. The molecule has 0 radical (unpaired) electrons. The van der Waals surface area contributed by atoms with Gasteiger partial charge in [0.25, 0.3) is 0 Å². The van der Waals surface area contributed by atoms with Gasteiger partial charge in [-0.15, -0.1) is 11.3 Å². The first-order chi connectivity index (χ1) is 8.64. The number of nitrogens with zero attached hydrogens (tertiary/aromatic N) is 1. The highest BCUT2D eigenvalue weighted by Crippen LogP contribution is 2.26. The molecule has 0 saturated heterocycles. The summed E-state index contributed by atoms with van der Waals surface area (Å²) in [5.41, 5.74) is 6.45. The average Bonchev–Trinajstić information content (AvgIpc) is 2.84. The molecule has 1 aliphatic carbocycles. The zero-order chi connectivity index (χ0) is 13.0. The van der Waals surface area contributed by atoms with E-state index in [0.29, 0.717) is 6.54 Å². The van der Waals surface area contributed by atoms with Gasteiger partial charge >= 0.3 is 0 Å². The number of aryl methyl sites for hydroxylation is 1. The molecule has 18 heavy (non-hydrogen) atoms. The predicted octanol–water partition coefficient (Wildman–Crippen LogP) is 1.98. The number of hydrogen-bond acceptors (Lipinski definition) is 4. The van der Waals surface area contributed by atoms with Crippen LogP contribution in [0.15, 0.2) is 5.38 Å². The molecule has 5 heteroatoms. The normalized spacial score (nSPS) is 18.6. The summed E-state index contributed by atoms with van der Waals surface area (Å²) in [5.74, 6) is -0.0201. The summed E-state index contributed by atoms with van der Waals surface area (Å²) in [5, 5.41) is 6.04. The summed E-state index contributed by atoms with van der Waals surface area (Å²) in [6.07, 6.45) is 5.85. The lowest BCUT2D eigenvalue weighted by molar-refractivity contribution is -0.127. The molecule has 4 nitrogen and oxygen atoms in total. The maximum Gasteiger partial charge on any atom is 0.240 e. The van der Waals surface area contributed by atoms with Gasteiger partial charge in [-0.25, -0.2) is 4.98 Å². The minimum absolute atomic E-state index is 0.0201. The number of rotatable bonds is 4. The van der Waals surface area contributed by atoms with Crippen molar-refractivity contribution < 1.29 is 4.79 Å². The van der Waals surface area contributed by atoms with Crippen molar-refractivity contribution in [2.75, 3.05) is 0 Å². The third-order valence-electron chi connectivity index (χ3n) is 3.53. The van der Waals surface area contributed by atoms with E-state index in [1.807, 2.05) is 5.38 Å². The van der Waals surface area contributed by atoms with Gasteiger partial charge in [0.1, 0.15) is 0 Å². The molecule has 0 bridgehead atoms. The van der Waals surface area contributed by atoms with Crippen molar-refractivity contribution in [1.82, 2.24) is 10.3 Å². The molecule has 1 aromatic heterocycles. The predicted molar refractivity (Wildman–Crippen MR) is 73.3 cm³/mol. The molecule has 2 rings (SSSR count).